The first-order valence-corrected chi connectivity index (χ1v) is 10.7. The molecule has 4 aromatic rings. The van der Waals surface area contributed by atoms with Crippen molar-refractivity contribution in [1.29, 1.82) is 0 Å². The first-order chi connectivity index (χ1) is 15.3. The lowest BCUT2D eigenvalue weighted by Gasteiger charge is -2.09. The van der Waals surface area contributed by atoms with Crippen molar-refractivity contribution >= 4 is 39.3 Å². The third-order valence-electron chi connectivity index (χ3n) is 4.37. The standard InChI is InChI=1S/C24H22N4O2S/c1-3-30-20-14-13-17(15-21(20)29-2)16-25-28-23(26-18-9-5-4-6-10-18)24-27-19-11-7-8-12-22(19)31-24/h4-16H,3H2,1-2H3,(H,26,28)/b25-16+. The van der Waals surface area contributed by atoms with Crippen LogP contribution in [0.5, 0.6) is 11.5 Å². The monoisotopic (exact) mass is 430 g/mol. The molecule has 0 radical (unpaired) electrons. The average Bonchev–Trinajstić information content (AvgIpc) is 3.24. The lowest BCUT2D eigenvalue weighted by Crippen LogP contribution is -2.18. The maximum Gasteiger partial charge on any atom is 0.183 e. The van der Waals surface area contributed by atoms with Gasteiger partial charge in [-0.25, -0.2) is 9.98 Å². The molecule has 0 aliphatic rings. The Labute approximate surface area is 184 Å². The lowest BCUT2D eigenvalue weighted by molar-refractivity contribution is 0.311. The van der Waals surface area contributed by atoms with Crippen molar-refractivity contribution in [3.8, 4) is 11.5 Å². The minimum absolute atomic E-state index is 0.576. The number of hydrogen-bond acceptors (Lipinski definition) is 6. The minimum atomic E-state index is 0.576. The second-order valence-electron chi connectivity index (χ2n) is 6.50. The molecule has 6 nitrogen and oxygen atoms in total. The van der Waals surface area contributed by atoms with E-state index in [9.17, 15) is 0 Å². The molecule has 1 heterocycles. The molecule has 0 atom stereocenters. The number of hydrazone groups is 1. The van der Waals surface area contributed by atoms with Gasteiger partial charge in [0.15, 0.2) is 22.3 Å². The maximum absolute atomic E-state index is 5.57. The molecule has 0 bridgehead atoms. The molecule has 31 heavy (non-hydrogen) atoms. The largest absolute Gasteiger partial charge is 0.493 e. The summed E-state index contributed by atoms with van der Waals surface area (Å²) in [5.41, 5.74) is 5.69. The van der Waals surface area contributed by atoms with Gasteiger partial charge in [-0.15, -0.1) is 11.3 Å². The van der Waals surface area contributed by atoms with E-state index in [0.717, 1.165) is 26.5 Å². The number of fused-ring (bicyclic) bond motifs is 1. The average molecular weight is 431 g/mol. The van der Waals surface area contributed by atoms with Gasteiger partial charge in [-0.3, -0.25) is 5.43 Å². The number of aliphatic imine (C=N–C) groups is 1. The van der Waals surface area contributed by atoms with Crippen molar-refractivity contribution in [3.63, 3.8) is 0 Å². The first kappa shape index (κ1) is 20.6. The summed E-state index contributed by atoms with van der Waals surface area (Å²) < 4.78 is 12.1. The predicted molar refractivity (Wildman–Crippen MR) is 127 cm³/mol. The molecule has 156 valence electrons. The number of hydrogen-bond donors (Lipinski definition) is 1. The number of benzene rings is 3. The van der Waals surface area contributed by atoms with Crippen LogP contribution < -0.4 is 14.9 Å². The molecule has 0 spiro atoms. The van der Waals surface area contributed by atoms with Gasteiger partial charge in [0.05, 0.1) is 35.8 Å². The molecule has 0 saturated carbocycles. The van der Waals surface area contributed by atoms with E-state index in [2.05, 4.69) is 10.5 Å². The Morgan fingerprint density at radius 2 is 1.84 bits per heavy atom. The molecule has 4 rings (SSSR count). The Hall–Kier alpha value is -3.71. The maximum atomic E-state index is 5.57. The fourth-order valence-electron chi connectivity index (χ4n) is 2.93. The van der Waals surface area contributed by atoms with E-state index in [1.807, 2.05) is 79.7 Å². The molecule has 1 aromatic heterocycles. The second kappa shape index (κ2) is 9.86. The minimum Gasteiger partial charge on any atom is -0.493 e. The van der Waals surface area contributed by atoms with E-state index in [4.69, 9.17) is 19.5 Å². The Bertz CT molecular complexity index is 1190. The van der Waals surface area contributed by atoms with Crippen LogP contribution in [-0.4, -0.2) is 30.8 Å². The molecule has 0 aliphatic carbocycles. The van der Waals surface area contributed by atoms with Gasteiger partial charge in [0, 0.05) is 0 Å². The van der Waals surface area contributed by atoms with E-state index in [-0.39, 0.29) is 0 Å². The van der Waals surface area contributed by atoms with Crippen molar-refractivity contribution in [3.05, 3.63) is 83.4 Å². The molecule has 7 heteroatoms. The van der Waals surface area contributed by atoms with Crippen molar-refractivity contribution in [1.82, 2.24) is 10.4 Å². The van der Waals surface area contributed by atoms with Crippen molar-refractivity contribution in [2.75, 3.05) is 13.7 Å². The molecule has 3 aromatic carbocycles. The van der Waals surface area contributed by atoms with Gasteiger partial charge in [0.25, 0.3) is 0 Å². The van der Waals surface area contributed by atoms with Gasteiger partial charge in [-0.05, 0) is 55.0 Å². The number of amidine groups is 1. The summed E-state index contributed by atoms with van der Waals surface area (Å²) in [6.07, 6.45) is 1.71. The Morgan fingerprint density at radius 3 is 2.61 bits per heavy atom. The third kappa shape index (κ3) is 5.07. The highest BCUT2D eigenvalue weighted by atomic mass is 32.1. The number of thiazole rings is 1. The summed E-state index contributed by atoms with van der Waals surface area (Å²) in [5, 5.41) is 5.17. The van der Waals surface area contributed by atoms with Crippen LogP contribution in [0.2, 0.25) is 0 Å². The molecule has 0 amide bonds. The zero-order chi connectivity index (χ0) is 21.5. The summed E-state index contributed by atoms with van der Waals surface area (Å²) in [4.78, 5) is 9.43. The van der Waals surface area contributed by atoms with Crippen LogP contribution in [0.25, 0.3) is 10.2 Å². The SMILES string of the molecule is CCOc1ccc(/C=N/NC(=Nc2ccccc2)c2nc3ccccc3s2)cc1OC. The van der Waals surface area contributed by atoms with Gasteiger partial charge in [-0.2, -0.15) is 5.10 Å². The van der Waals surface area contributed by atoms with E-state index < -0.39 is 0 Å². The molecular formula is C24H22N4O2S. The van der Waals surface area contributed by atoms with Gasteiger partial charge < -0.3 is 9.47 Å². The van der Waals surface area contributed by atoms with Gasteiger partial charge >= 0.3 is 0 Å². The Balaban J connectivity index is 1.61. The number of methoxy groups -OCH3 is 1. The second-order valence-corrected chi connectivity index (χ2v) is 7.53. The number of aromatic nitrogens is 1. The molecule has 0 aliphatic heterocycles. The number of nitrogens with one attached hydrogen (secondary N) is 1. The van der Waals surface area contributed by atoms with E-state index >= 15 is 0 Å². The van der Waals surface area contributed by atoms with E-state index in [0.29, 0.717) is 23.9 Å². The Morgan fingerprint density at radius 1 is 1.03 bits per heavy atom. The van der Waals surface area contributed by atoms with Crippen molar-refractivity contribution in [2.24, 2.45) is 10.1 Å². The number of nitrogens with zero attached hydrogens (tertiary/aromatic N) is 3. The van der Waals surface area contributed by atoms with Crippen LogP contribution in [0, 0.1) is 0 Å². The zero-order valence-electron chi connectivity index (χ0n) is 17.3. The van der Waals surface area contributed by atoms with E-state index in [1.165, 1.54) is 0 Å². The highest BCUT2D eigenvalue weighted by Gasteiger charge is 2.10. The highest BCUT2D eigenvalue weighted by Crippen LogP contribution is 2.27. The van der Waals surface area contributed by atoms with Crippen LogP contribution in [-0.2, 0) is 0 Å². The zero-order valence-corrected chi connectivity index (χ0v) is 18.1. The normalized spacial score (nSPS) is 11.7. The van der Waals surface area contributed by atoms with Crippen molar-refractivity contribution < 1.29 is 9.47 Å². The molecule has 1 N–H and O–H groups in total. The smallest absolute Gasteiger partial charge is 0.183 e. The fraction of sp³-hybridized carbons (Fsp3) is 0.125. The molecule has 0 fully saturated rings. The van der Waals surface area contributed by atoms with E-state index in [1.54, 1.807) is 24.7 Å². The van der Waals surface area contributed by atoms with Gasteiger partial charge in [0.2, 0.25) is 0 Å². The molecule has 0 unspecified atom stereocenters. The molecular weight excluding hydrogens is 408 g/mol. The quantitative estimate of drug-likeness (QED) is 0.242. The first-order valence-electron chi connectivity index (χ1n) is 9.86. The number of para-hydroxylation sites is 2. The summed E-state index contributed by atoms with van der Waals surface area (Å²) in [6, 6.07) is 23.4. The van der Waals surface area contributed by atoms with Crippen LogP contribution in [0.15, 0.2) is 82.9 Å². The summed E-state index contributed by atoms with van der Waals surface area (Å²) >= 11 is 1.57. The van der Waals surface area contributed by atoms with Crippen LogP contribution in [0.3, 0.4) is 0 Å². The van der Waals surface area contributed by atoms with Gasteiger partial charge in [0.1, 0.15) is 0 Å². The predicted octanol–water partition coefficient (Wildman–Crippen LogP) is 5.41. The summed E-state index contributed by atoms with van der Waals surface area (Å²) in [7, 11) is 1.62. The van der Waals surface area contributed by atoms with Crippen LogP contribution in [0.4, 0.5) is 5.69 Å². The fourth-order valence-corrected chi connectivity index (χ4v) is 3.84. The van der Waals surface area contributed by atoms with Crippen molar-refractivity contribution in [2.45, 2.75) is 6.92 Å². The molecule has 0 saturated heterocycles. The number of rotatable bonds is 7. The van der Waals surface area contributed by atoms with Crippen LogP contribution >= 0.6 is 11.3 Å². The summed E-state index contributed by atoms with van der Waals surface area (Å²) in [6.45, 7) is 2.52. The lowest BCUT2D eigenvalue weighted by atomic mass is 10.2. The van der Waals surface area contributed by atoms with Gasteiger partial charge in [-0.1, -0.05) is 30.3 Å². The number of ether oxygens (including phenoxy) is 2. The summed E-state index contributed by atoms with van der Waals surface area (Å²) in [5.74, 6) is 1.95. The topological polar surface area (TPSA) is 68.1 Å². The third-order valence-corrected chi connectivity index (χ3v) is 5.41. The Kier molecular flexibility index (Phi) is 6.54. The van der Waals surface area contributed by atoms with Crippen LogP contribution in [0.1, 0.15) is 17.5 Å². The highest BCUT2D eigenvalue weighted by molar-refractivity contribution is 7.20.